The molecule has 3 atom stereocenters. The highest BCUT2D eigenvalue weighted by Gasteiger charge is 2.35. The van der Waals surface area contributed by atoms with Crippen LogP contribution in [-0.2, 0) is 14.4 Å². The van der Waals surface area contributed by atoms with E-state index in [1.165, 1.54) is 5.01 Å². The predicted octanol–water partition coefficient (Wildman–Crippen LogP) is 3.13. The second kappa shape index (κ2) is 13.1. The average molecular weight is 461 g/mol. The molecule has 1 aromatic rings. The molecule has 0 radical (unpaired) electrons. The lowest BCUT2D eigenvalue weighted by atomic mass is 9.82. The molecule has 0 aromatic heterocycles. The zero-order chi connectivity index (χ0) is 25.2. The first-order chi connectivity index (χ1) is 15.4. The lowest BCUT2D eigenvalue weighted by Crippen LogP contribution is -2.56. The van der Waals surface area contributed by atoms with Crippen molar-refractivity contribution in [3.8, 4) is 0 Å². The van der Waals surface area contributed by atoms with Crippen molar-refractivity contribution in [2.75, 3.05) is 6.54 Å². The van der Waals surface area contributed by atoms with E-state index in [1.54, 1.807) is 12.4 Å². The summed E-state index contributed by atoms with van der Waals surface area (Å²) >= 11 is 0. The molecule has 5 N–H and O–H groups in total. The van der Waals surface area contributed by atoms with Crippen LogP contribution in [0.4, 0.5) is 0 Å². The van der Waals surface area contributed by atoms with Gasteiger partial charge in [0.2, 0.25) is 11.8 Å². The van der Waals surface area contributed by atoms with Gasteiger partial charge in [0.15, 0.2) is 0 Å². The maximum Gasteiger partial charge on any atom is 0.257 e. The van der Waals surface area contributed by atoms with E-state index in [1.807, 2.05) is 77.1 Å². The Hall–Kier alpha value is -2.71. The molecular formula is C25H40N4O4. The summed E-state index contributed by atoms with van der Waals surface area (Å²) in [4.78, 5) is 38.6. The molecule has 0 spiro atoms. The number of nitrogens with zero attached hydrogens (tertiary/aromatic N) is 1. The highest BCUT2D eigenvalue weighted by molar-refractivity contribution is 5.89. The van der Waals surface area contributed by atoms with Gasteiger partial charge in [-0.25, -0.2) is 5.48 Å². The van der Waals surface area contributed by atoms with Gasteiger partial charge < -0.3 is 5.73 Å². The van der Waals surface area contributed by atoms with Gasteiger partial charge in [-0.15, -0.1) is 0 Å². The Morgan fingerprint density at radius 2 is 1.67 bits per heavy atom. The average Bonchev–Trinajstić information content (AvgIpc) is 2.73. The van der Waals surface area contributed by atoms with Gasteiger partial charge in [0.1, 0.15) is 0 Å². The molecule has 8 nitrogen and oxygen atoms in total. The molecule has 0 bridgehead atoms. The Labute approximate surface area is 197 Å². The van der Waals surface area contributed by atoms with Gasteiger partial charge in [-0.2, -0.15) is 0 Å². The molecule has 1 rings (SSSR count). The van der Waals surface area contributed by atoms with Crippen LogP contribution in [0.1, 0.15) is 59.9 Å². The Morgan fingerprint density at radius 3 is 2.15 bits per heavy atom. The third-order valence-corrected chi connectivity index (χ3v) is 5.03. The van der Waals surface area contributed by atoms with Crippen LogP contribution in [0.15, 0.2) is 36.4 Å². The summed E-state index contributed by atoms with van der Waals surface area (Å²) in [5.41, 5.74) is 10.9. The standard InChI is InChI=1S/C25H40N4O4/c1-17(2)15-21(22(30)27-29(16-25(4,5)6)24(32)18(3)26)20(23(31)28-33)14-10-13-19-11-8-7-9-12-19/h7-13,17-18,20-21,33H,14-16,26H2,1-6H3,(H,27,30)(H,28,31)/b13-10+/t18-,20+,21-/m1/s1. The van der Waals surface area contributed by atoms with Crippen molar-refractivity contribution in [1.82, 2.24) is 15.9 Å². The number of carbonyl (C=O) groups is 3. The normalized spacial score (nSPS) is 14.6. The third-order valence-electron chi connectivity index (χ3n) is 5.03. The molecule has 33 heavy (non-hydrogen) atoms. The van der Waals surface area contributed by atoms with E-state index < -0.39 is 35.6 Å². The van der Waals surface area contributed by atoms with E-state index in [0.717, 1.165) is 5.56 Å². The van der Waals surface area contributed by atoms with Crippen molar-refractivity contribution in [2.24, 2.45) is 28.9 Å². The topological polar surface area (TPSA) is 125 Å². The fourth-order valence-corrected chi connectivity index (χ4v) is 3.52. The van der Waals surface area contributed by atoms with Gasteiger partial charge in [0, 0.05) is 6.54 Å². The second-order valence-corrected chi connectivity index (χ2v) is 10.1. The van der Waals surface area contributed by atoms with E-state index in [9.17, 15) is 19.6 Å². The van der Waals surface area contributed by atoms with E-state index in [0.29, 0.717) is 6.42 Å². The van der Waals surface area contributed by atoms with Crippen LogP contribution in [0.25, 0.3) is 6.08 Å². The second-order valence-electron chi connectivity index (χ2n) is 10.1. The van der Waals surface area contributed by atoms with Crippen molar-refractivity contribution in [1.29, 1.82) is 0 Å². The molecule has 8 heteroatoms. The highest BCUT2D eigenvalue weighted by Crippen LogP contribution is 2.26. The van der Waals surface area contributed by atoms with Gasteiger partial charge in [-0.1, -0.05) is 77.1 Å². The van der Waals surface area contributed by atoms with Gasteiger partial charge in [-0.3, -0.25) is 30.0 Å². The fourth-order valence-electron chi connectivity index (χ4n) is 3.52. The summed E-state index contributed by atoms with van der Waals surface area (Å²) in [6, 6.07) is 8.80. The number of amides is 3. The van der Waals surface area contributed by atoms with Crippen LogP contribution < -0.4 is 16.6 Å². The molecule has 1 aromatic carbocycles. The Balaban J connectivity index is 3.18. The minimum atomic E-state index is -0.820. The van der Waals surface area contributed by atoms with Crippen molar-refractivity contribution in [3.63, 3.8) is 0 Å². The van der Waals surface area contributed by atoms with Crippen molar-refractivity contribution >= 4 is 23.8 Å². The molecule has 0 saturated heterocycles. The molecule has 0 fully saturated rings. The number of carbonyl (C=O) groups excluding carboxylic acids is 3. The number of benzene rings is 1. The van der Waals surface area contributed by atoms with E-state index in [4.69, 9.17) is 5.73 Å². The van der Waals surface area contributed by atoms with Crippen molar-refractivity contribution in [3.05, 3.63) is 42.0 Å². The number of nitrogens with two attached hydrogens (primary N) is 1. The molecule has 0 saturated carbocycles. The first-order valence-corrected chi connectivity index (χ1v) is 11.4. The molecular weight excluding hydrogens is 420 g/mol. The number of rotatable bonds is 10. The Kier molecular flexibility index (Phi) is 11.2. The zero-order valence-electron chi connectivity index (χ0n) is 20.7. The molecule has 0 aliphatic rings. The fraction of sp³-hybridized carbons (Fsp3) is 0.560. The highest BCUT2D eigenvalue weighted by atomic mass is 16.5. The third kappa shape index (κ3) is 10.2. The lowest BCUT2D eigenvalue weighted by molar-refractivity contribution is -0.149. The number of hydrogen-bond acceptors (Lipinski definition) is 5. The number of hydrogen-bond donors (Lipinski definition) is 4. The molecule has 3 amide bonds. The monoisotopic (exact) mass is 460 g/mol. The largest absolute Gasteiger partial charge is 0.320 e. The minimum Gasteiger partial charge on any atom is -0.320 e. The summed E-state index contributed by atoms with van der Waals surface area (Å²) in [6.45, 7) is 11.6. The Morgan fingerprint density at radius 1 is 1.06 bits per heavy atom. The van der Waals surface area contributed by atoms with E-state index in [-0.39, 0.29) is 24.3 Å². The number of hydroxylamine groups is 1. The van der Waals surface area contributed by atoms with Crippen LogP contribution in [0, 0.1) is 23.2 Å². The molecule has 184 valence electrons. The van der Waals surface area contributed by atoms with Gasteiger partial charge in [-0.05, 0) is 36.7 Å². The number of hydrazine groups is 1. The maximum absolute atomic E-state index is 13.4. The summed E-state index contributed by atoms with van der Waals surface area (Å²) in [5.74, 6) is -2.99. The summed E-state index contributed by atoms with van der Waals surface area (Å²) in [7, 11) is 0. The first-order valence-electron chi connectivity index (χ1n) is 11.4. The van der Waals surface area contributed by atoms with Crippen molar-refractivity contribution < 1.29 is 19.6 Å². The maximum atomic E-state index is 13.4. The number of nitrogens with one attached hydrogen (secondary N) is 2. The van der Waals surface area contributed by atoms with E-state index >= 15 is 0 Å². The van der Waals surface area contributed by atoms with Crippen LogP contribution in [0.2, 0.25) is 0 Å². The SMILES string of the molecule is CC(C)C[C@@H](C(=O)NN(CC(C)(C)C)C(=O)[C@@H](C)N)[C@H](C/C=C/c1ccccc1)C(=O)NO. The summed E-state index contributed by atoms with van der Waals surface area (Å²) < 4.78 is 0. The summed E-state index contributed by atoms with van der Waals surface area (Å²) in [6.07, 6.45) is 4.33. The first kappa shape index (κ1) is 28.3. The van der Waals surface area contributed by atoms with Crippen LogP contribution in [-0.4, -0.2) is 40.5 Å². The van der Waals surface area contributed by atoms with Gasteiger partial charge in [0.25, 0.3) is 5.91 Å². The van der Waals surface area contributed by atoms with Gasteiger partial charge in [0.05, 0.1) is 17.9 Å². The van der Waals surface area contributed by atoms with Crippen molar-refractivity contribution in [2.45, 2.75) is 60.4 Å². The van der Waals surface area contributed by atoms with E-state index in [2.05, 4.69) is 5.43 Å². The molecule has 0 unspecified atom stereocenters. The lowest BCUT2D eigenvalue weighted by Gasteiger charge is -2.34. The van der Waals surface area contributed by atoms with Crippen LogP contribution in [0.5, 0.6) is 0 Å². The summed E-state index contributed by atoms with van der Waals surface area (Å²) in [5, 5.41) is 10.6. The smallest absolute Gasteiger partial charge is 0.257 e. The predicted molar refractivity (Wildman–Crippen MR) is 129 cm³/mol. The quantitative estimate of drug-likeness (QED) is 0.315. The van der Waals surface area contributed by atoms with Crippen LogP contribution in [0.3, 0.4) is 0 Å². The van der Waals surface area contributed by atoms with Gasteiger partial charge >= 0.3 is 0 Å². The minimum absolute atomic E-state index is 0.105. The Bertz CT molecular complexity index is 800. The van der Waals surface area contributed by atoms with Crippen LogP contribution >= 0.6 is 0 Å². The number of allylic oxidation sites excluding steroid dienone is 1. The molecule has 0 heterocycles. The molecule has 0 aliphatic carbocycles. The zero-order valence-corrected chi connectivity index (χ0v) is 20.7. The molecule has 0 aliphatic heterocycles.